The molecule has 2 aromatic carbocycles. The summed E-state index contributed by atoms with van der Waals surface area (Å²) in [6.45, 7) is 3.70. The van der Waals surface area contributed by atoms with Gasteiger partial charge in [0, 0.05) is 6.92 Å². The molecule has 0 radical (unpaired) electrons. The number of anilines is 2. The van der Waals surface area contributed by atoms with Crippen LogP contribution < -0.4 is 4.90 Å². The van der Waals surface area contributed by atoms with Gasteiger partial charge in [0.15, 0.2) is 0 Å². The van der Waals surface area contributed by atoms with Crippen LogP contribution in [0.2, 0.25) is 0 Å². The fourth-order valence-corrected chi connectivity index (χ4v) is 2.77. The van der Waals surface area contributed by atoms with Crippen molar-refractivity contribution in [2.45, 2.75) is 26.7 Å². The molecule has 1 amide bonds. The van der Waals surface area contributed by atoms with Crippen LogP contribution >= 0.6 is 0 Å². The van der Waals surface area contributed by atoms with Crippen molar-refractivity contribution >= 4 is 17.3 Å². The van der Waals surface area contributed by atoms with Crippen LogP contribution in [0.25, 0.3) is 0 Å². The minimum Gasteiger partial charge on any atom is -0.281 e. The largest absolute Gasteiger partial charge is 0.281 e. The summed E-state index contributed by atoms with van der Waals surface area (Å²) >= 11 is 0. The SMILES string of the molecule is CC(=O)N1c2ccccc2CCc2ccc(C)cc21. The van der Waals surface area contributed by atoms with Crippen LogP contribution in [0.4, 0.5) is 11.4 Å². The summed E-state index contributed by atoms with van der Waals surface area (Å²) in [5.41, 5.74) is 5.74. The van der Waals surface area contributed by atoms with Gasteiger partial charge in [-0.2, -0.15) is 0 Å². The number of carbonyl (C=O) groups is 1. The highest BCUT2D eigenvalue weighted by molar-refractivity contribution is 6.01. The standard InChI is InChI=1S/C17H17NO/c1-12-7-8-15-10-9-14-5-3-4-6-16(14)18(13(2)19)17(15)11-12/h3-8,11H,9-10H2,1-2H3. The molecule has 0 saturated carbocycles. The van der Waals surface area contributed by atoms with E-state index in [-0.39, 0.29) is 5.91 Å². The first-order valence-electron chi connectivity index (χ1n) is 6.65. The maximum atomic E-state index is 12.1. The number of carbonyl (C=O) groups excluding carboxylic acids is 1. The Kier molecular flexibility index (Phi) is 2.86. The molecule has 2 heteroatoms. The molecule has 1 aliphatic heterocycles. The topological polar surface area (TPSA) is 20.3 Å². The van der Waals surface area contributed by atoms with Crippen LogP contribution in [0.15, 0.2) is 42.5 Å². The van der Waals surface area contributed by atoms with E-state index in [1.54, 1.807) is 6.92 Å². The Hall–Kier alpha value is -2.09. The van der Waals surface area contributed by atoms with Crippen LogP contribution in [-0.4, -0.2) is 5.91 Å². The molecule has 0 spiro atoms. The lowest BCUT2D eigenvalue weighted by Crippen LogP contribution is -2.23. The Morgan fingerprint density at radius 2 is 1.68 bits per heavy atom. The van der Waals surface area contributed by atoms with E-state index < -0.39 is 0 Å². The van der Waals surface area contributed by atoms with Crippen molar-refractivity contribution in [2.75, 3.05) is 4.90 Å². The van der Waals surface area contributed by atoms with E-state index in [0.717, 1.165) is 24.2 Å². The maximum Gasteiger partial charge on any atom is 0.228 e. The van der Waals surface area contributed by atoms with Gasteiger partial charge in [-0.25, -0.2) is 0 Å². The van der Waals surface area contributed by atoms with Gasteiger partial charge in [-0.3, -0.25) is 9.69 Å². The summed E-state index contributed by atoms with van der Waals surface area (Å²) in [4.78, 5) is 14.0. The molecule has 0 aromatic heterocycles. The molecule has 3 rings (SSSR count). The number of amides is 1. The lowest BCUT2D eigenvalue weighted by Gasteiger charge is -2.23. The van der Waals surface area contributed by atoms with E-state index >= 15 is 0 Å². The van der Waals surface area contributed by atoms with Gasteiger partial charge in [0.2, 0.25) is 5.91 Å². The number of fused-ring (bicyclic) bond motifs is 2. The molecule has 96 valence electrons. The highest BCUT2D eigenvalue weighted by Crippen LogP contribution is 2.36. The number of benzene rings is 2. The van der Waals surface area contributed by atoms with Gasteiger partial charge < -0.3 is 0 Å². The van der Waals surface area contributed by atoms with Crippen molar-refractivity contribution in [3.05, 3.63) is 59.2 Å². The van der Waals surface area contributed by atoms with Crippen LogP contribution in [0.1, 0.15) is 23.6 Å². The van der Waals surface area contributed by atoms with Gasteiger partial charge in [0.05, 0.1) is 11.4 Å². The number of aryl methyl sites for hydroxylation is 3. The smallest absolute Gasteiger partial charge is 0.228 e. The third kappa shape index (κ3) is 2.03. The lowest BCUT2D eigenvalue weighted by molar-refractivity contribution is -0.115. The van der Waals surface area contributed by atoms with Crippen LogP contribution in [0.5, 0.6) is 0 Å². The van der Waals surface area contributed by atoms with Crippen molar-refractivity contribution in [1.29, 1.82) is 0 Å². The molecule has 1 heterocycles. The highest BCUT2D eigenvalue weighted by Gasteiger charge is 2.23. The average molecular weight is 251 g/mol. The molecule has 0 atom stereocenters. The summed E-state index contributed by atoms with van der Waals surface area (Å²) in [5.74, 6) is 0.0706. The van der Waals surface area contributed by atoms with Crippen molar-refractivity contribution < 1.29 is 4.79 Å². The van der Waals surface area contributed by atoms with Crippen molar-refractivity contribution in [2.24, 2.45) is 0 Å². The minimum absolute atomic E-state index is 0.0706. The number of para-hydroxylation sites is 1. The number of rotatable bonds is 0. The number of hydrogen-bond donors (Lipinski definition) is 0. The van der Waals surface area contributed by atoms with E-state index in [1.807, 2.05) is 23.1 Å². The zero-order valence-electron chi connectivity index (χ0n) is 11.3. The predicted molar refractivity (Wildman–Crippen MR) is 77.8 cm³/mol. The first-order valence-corrected chi connectivity index (χ1v) is 6.65. The monoisotopic (exact) mass is 251 g/mol. The second-order valence-corrected chi connectivity index (χ2v) is 5.12. The summed E-state index contributed by atoms with van der Waals surface area (Å²) in [7, 11) is 0. The first kappa shape index (κ1) is 12.0. The maximum absolute atomic E-state index is 12.1. The Bertz CT molecular complexity index is 645. The Morgan fingerprint density at radius 3 is 2.42 bits per heavy atom. The van der Waals surface area contributed by atoms with Crippen molar-refractivity contribution in [3.8, 4) is 0 Å². The average Bonchev–Trinajstić information content (AvgIpc) is 2.54. The van der Waals surface area contributed by atoms with Crippen LogP contribution in [0.3, 0.4) is 0 Å². The van der Waals surface area contributed by atoms with Gasteiger partial charge >= 0.3 is 0 Å². The molecule has 1 aliphatic rings. The molecule has 19 heavy (non-hydrogen) atoms. The summed E-state index contributed by atoms with van der Waals surface area (Å²) in [6, 6.07) is 14.6. The van der Waals surface area contributed by atoms with E-state index in [4.69, 9.17) is 0 Å². The third-order valence-corrected chi connectivity index (χ3v) is 3.69. The molecule has 0 bridgehead atoms. The van der Waals surface area contributed by atoms with Gasteiger partial charge in [0.1, 0.15) is 0 Å². The fraction of sp³-hybridized carbons (Fsp3) is 0.235. The minimum atomic E-state index is 0.0706. The van der Waals surface area contributed by atoms with Gasteiger partial charge in [-0.1, -0.05) is 30.3 Å². The third-order valence-electron chi connectivity index (χ3n) is 3.69. The van der Waals surface area contributed by atoms with Gasteiger partial charge in [-0.05, 0) is 48.6 Å². The molecule has 0 aliphatic carbocycles. The van der Waals surface area contributed by atoms with Gasteiger partial charge in [-0.15, -0.1) is 0 Å². The second-order valence-electron chi connectivity index (χ2n) is 5.12. The molecular formula is C17H17NO. The van der Waals surface area contributed by atoms with E-state index in [2.05, 4.69) is 31.2 Å². The molecule has 2 aromatic rings. The van der Waals surface area contributed by atoms with Crippen LogP contribution in [0, 0.1) is 6.92 Å². The molecule has 0 fully saturated rings. The highest BCUT2D eigenvalue weighted by atomic mass is 16.2. The zero-order chi connectivity index (χ0) is 13.4. The fourth-order valence-electron chi connectivity index (χ4n) is 2.77. The molecular weight excluding hydrogens is 234 g/mol. The molecule has 2 nitrogen and oxygen atoms in total. The lowest BCUT2D eigenvalue weighted by atomic mass is 10.0. The van der Waals surface area contributed by atoms with Crippen molar-refractivity contribution in [1.82, 2.24) is 0 Å². The summed E-state index contributed by atoms with van der Waals surface area (Å²) < 4.78 is 0. The number of nitrogens with zero attached hydrogens (tertiary/aromatic N) is 1. The Labute approximate surface area is 113 Å². The van der Waals surface area contributed by atoms with Crippen molar-refractivity contribution in [3.63, 3.8) is 0 Å². The molecule has 0 saturated heterocycles. The normalized spacial score (nSPS) is 13.5. The quantitative estimate of drug-likeness (QED) is 0.697. The van der Waals surface area contributed by atoms with Crippen LogP contribution in [-0.2, 0) is 17.6 Å². The Balaban J connectivity index is 2.25. The second kappa shape index (κ2) is 4.54. The van der Waals surface area contributed by atoms with E-state index in [9.17, 15) is 4.79 Å². The van der Waals surface area contributed by atoms with Gasteiger partial charge in [0.25, 0.3) is 0 Å². The molecule has 0 N–H and O–H groups in total. The molecule has 0 unspecified atom stereocenters. The first-order chi connectivity index (χ1) is 9.16. The number of hydrogen-bond acceptors (Lipinski definition) is 1. The van der Waals surface area contributed by atoms with E-state index in [0.29, 0.717) is 0 Å². The summed E-state index contributed by atoms with van der Waals surface area (Å²) in [5, 5.41) is 0. The Morgan fingerprint density at radius 1 is 1.00 bits per heavy atom. The predicted octanol–water partition coefficient (Wildman–Crippen LogP) is 3.78. The summed E-state index contributed by atoms with van der Waals surface area (Å²) in [6.07, 6.45) is 1.96. The van der Waals surface area contributed by atoms with E-state index in [1.165, 1.54) is 16.7 Å². The zero-order valence-corrected chi connectivity index (χ0v) is 11.3.